The number of hydrogen-bond acceptors (Lipinski definition) is 4. The summed E-state index contributed by atoms with van der Waals surface area (Å²) >= 11 is 0. The first kappa shape index (κ1) is 18.9. The predicted molar refractivity (Wildman–Crippen MR) is 101 cm³/mol. The molecule has 2 aliphatic heterocycles. The SMILES string of the molecule is NC(=NCCCOC1CCOCC1)N1CCN(c2ccc(F)cc2)CC1. The highest BCUT2D eigenvalue weighted by Gasteiger charge is 2.18. The van der Waals surface area contributed by atoms with Crippen LogP contribution in [0.3, 0.4) is 0 Å². The van der Waals surface area contributed by atoms with E-state index in [1.807, 2.05) is 12.1 Å². The Kier molecular flexibility index (Phi) is 7.08. The van der Waals surface area contributed by atoms with Crippen LogP contribution in [0.4, 0.5) is 10.1 Å². The monoisotopic (exact) mass is 364 g/mol. The fraction of sp³-hybridized carbons (Fsp3) is 0.632. The predicted octanol–water partition coefficient (Wildman–Crippen LogP) is 1.85. The number of halogens is 1. The second-order valence-electron chi connectivity index (χ2n) is 6.73. The maximum absolute atomic E-state index is 13.0. The van der Waals surface area contributed by atoms with Crippen molar-refractivity contribution in [1.82, 2.24) is 4.90 Å². The normalized spacial score (nSPS) is 19.8. The van der Waals surface area contributed by atoms with Gasteiger partial charge in [0, 0.05) is 58.2 Å². The number of guanidine groups is 1. The summed E-state index contributed by atoms with van der Waals surface area (Å²) in [4.78, 5) is 8.84. The highest BCUT2D eigenvalue weighted by Crippen LogP contribution is 2.16. The zero-order valence-electron chi connectivity index (χ0n) is 15.3. The van der Waals surface area contributed by atoms with Crippen LogP contribution in [-0.4, -0.2) is 69.5 Å². The topological polar surface area (TPSA) is 63.3 Å². The summed E-state index contributed by atoms with van der Waals surface area (Å²) < 4.78 is 24.2. The summed E-state index contributed by atoms with van der Waals surface area (Å²) in [5.41, 5.74) is 7.18. The van der Waals surface area contributed by atoms with Crippen LogP contribution in [0.15, 0.2) is 29.3 Å². The van der Waals surface area contributed by atoms with E-state index < -0.39 is 0 Å². The van der Waals surface area contributed by atoms with Gasteiger partial charge in [-0.1, -0.05) is 0 Å². The fourth-order valence-electron chi connectivity index (χ4n) is 3.30. The van der Waals surface area contributed by atoms with Crippen molar-refractivity contribution in [1.29, 1.82) is 0 Å². The molecule has 6 nitrogen and oxygen atoms in total. The lowest BCUT2D eigenvalue weighted by molar-refractivity contribution is -0.0318. The molecular weight excluding hydrogens is 335 g/mol. The molecule has 0 amide bonds. The molecule has 26 heavy (non-hydrogen) atoms. The van der Waals surface area contributed by atoms with Crippen molar-refractivity contribution in [2.24, 2.45) is 10.7 Å². The lowest BCUT2D eigenvalue weighted by Gasteiger charge is -2.36. The van der Waals surface area contributed by atoms with E-state index in [0.29, 0.717) is 18.6 Å². The molecule has 1 aromatic carbocycles. The number of nitrogens with zero attached hydrogens (tertiary/aromatic N) is 3. The first-order chi connectivity index (χ1) is 12.7. The van der Waals surface area contributed by atoms with Crippen LogP contribution in [0.5, 0.6) is 0 Å². The molecule has 2 fully saturated rings. The Morgan fingerprint density at radius 3 is 2.54 bits per heavy atom. The third-order valence-electron chi connectivity index (χ3n) is 4.89. The standard InChI is InChI=1S/C19H29FN4O2/c20-16-2-4-17(5-3-16)23-9-11-24(12-10-23)19(21)22-8-1-13-26-18-6-14-25-15-7-18/h2-5,18H,1,6-15H2,(H2,21,22). The van der Waals surface area contributed by atoms with Crippen LogP contribution >= 0.6 is 0 Å². The molecular formula is C19H29FN4O2. The Bertz CT molecular complexity index is 567. The van der Waals surface area contributed by atoms with Crippen molar-refractivity contribution < 1.29 is 13.9 Å². The highest BCUT2D eigenvalue weighted by molar-refractivity contribution is 5.78. The summed E-state index contributed by atoms with van der Waals surface area (Å²) in [6.45, 7) is 6.38. The summed E-state index contributed by atoms with van der Waals surface area (Å²) in [6.07, 6.45) is 3.20. The number of rotatable bonds is 6. The minimum atomic E-state index is -0.204. The molecule has 2 saturated heterocycles. The van der Waals surface area contributed by atoms with Gasteiger partial charge in [-0.05, 0) is 43.5 Å². The van der Waals surface area contributed by atoms with Crippen LogP contribution in [0.1, 0.15) is 19.3 Å². The Hall–Kier alpha value is -1.86. The maximum atomic E-state index is 13.0. The highest BCUT2D eigenvalue weighted by atomic mass is 19.1. The summed E-state index contributed by atoms with van der Waals surface area (Å²) in [7, 11) is 0. The first-order valence-electron chi connectivity index (χ1n) is 9.47. The molecule has 1 aromatic rings. The molecule has 0 bridgehead atoms. The van der Waals surface area contributed by atoms with Gasteiger partial charge < -0.3 is 25.0 Å². The van der Waals surface area contributed by atoms with Gasteiger partial charge in [-0.25, -0.2) is 4.39 Å². The molecule has 2 heterocycles. The fourth-order valence-corrected chi connectivity index (χ4v) is 3.30. The number of benzene rings is 1. The van der Waals surface area contributed by atoms with E-state index in [1.54, 1.807) is 0 Å². The van der Waals surface area contributed by atoms with E-state index >= 15 is 0 Å². The van der Waals surface area contributed by atoms with Crippen LogP contribution in [-0.2, 0) is 9.47 Å². The smallest absolute Gasteiger partial charge is 0.191 e. The number of ether oxygens (including phenoxy) is 2. The van der Waals surface area contributed by atoms with Crippen LogP contribution in [0, 0.1) is 5.82 Å². The van der Waals surface area contributed by atoms with E-state index in [1.165, 1.54) is 12.1 Å². The van der Waals surface area contributed by atoms with E-state index in [-0.39, 0.29) is 5.82 Å². The number of anilines is 1. The lowest BCUT2D eigenvalue weighted by Crippen LogP contribution is -2.51. The molecule has 7 heteroatoms. The molecule has 144 valence electrons. The van der Waals surface area contributed by atoms with Gasteiger partial charge in [-0.15, -0.1) is 0 Å². The Balaban J connectivity index is 1.34. The number of nitrogens with two attached hydrogens (primary N) is 1. The van der Waals surface area contributed by atoms with E-state index in [4.69, 9.17) is 15.2 Å². The molecule has 0 radical (unpaired) electrons. The minimum absolute atomic E-state index is 0.204. The zero-order valence-corrected chi connectivity index (χ0v) is 15.3. The maximum Gasteiger partial charge on any atom is 0.191 e. The first-order valence-corrected chi connectivity index (χ1v) is 9.47. The van der Waals surface area contributed by atoms with E-state index in [0.717, 1.165) is 70.9 Å². The lowest BCUT2D eigenvalue weighted by atomic mass is 10.1. The number of aliphatic imine (C=N–C) groups is 1. The molecule has 0 aliphatic carbocycles. The van der Waals surface area contributed by atoms with Gasteiger partial charge >= 0.3 is 0 Å². The molecule has 3 rings (SSSR count). The van der Waals surface area contributed by atoms with Crippen molar-refractivity contribution in [3.8, 4) is 0 Å². The second-order valence-corrected chi connectivity index (χ2v) is 6.73. The van der Waals surface area contributed by atoms with Crippen molar-refractivity contribution in [2.45, 2.75) is 25.4 Å². The van der Waals surface area contributed by atoms with Crippen LogP contribution in [0.25, 0.3) is 0 Å². The summed E-state index contributed by atoms with van der Waals surface area (Å²) in [5.74, 6) is 0.402. The van der Waals surface area contributed by atoms with Crippen LogP contribution in [0.2, 0.25) is 0 Å². The largest absolute Gasteiger partial charge is 0.381 e. The molecule has 0 saturated carbocycles. The molecule has 0 unspecified atom stereocenters. The Labute approximate surface area is 154 Å². The third kappa shape index (κ3) is 5.57. The number of piperazine rings is 1. The summed E-state index contributed by atoms with van der Waals surface area (Å²) in [6, 6.07) is 6.64. The zero-order chi connectivity index (χ0) is 18.2. The molecule has 2 N–H and O–H groups in total. The second kappa shape index (κ2) is 9.73. The van der Waals surface area contributed by atoms with Gasteiger partial charge in [0.05, 0.1) is 6.10 Å². The van der Waals surface area contributed by atoms with Gasteiger partial charge in [0.1, 0.15) is 5.82 Å². The van der Waals surface area contributed by atoms with Gasteiger partial charge in [-0.3, -0.25) is 4.99 Å². The Morgan fingerprint density at radius 2 is 1.85 bits per heavy atom. The van der Waals surface area contributed by atoms with Gasteiger partial charge in [0.15, 0.2) is 5.96 Å². The quantitative estimate of drug-likeness (QED) is 0.474. The van der Waals surface area contributed by atoms with Crippen molar-refractivity contribution >= 4 is 11.6 Å². The van der Waals surface area contributed by atoms with Gasteiger partial charge in [0.2, 0.25) is 0 Å². The van der Waals surface area contributed by atoms with E-state index in [9.17, 15) is 4.39 Å². The van der Waals surface area contributed by atoms with Crippen molar-refractivity contribution in [3.63, 3.8) is 0 Å². The van der Waals surface area contributed by atoms with Crippen molar-refractivity contribution in [3.05, 3.63) is 30.1 Å². The van der Waals surface area contributed by atoms with Crippen LogP contribution < -0.4 is 10.6 Å². The molecule has 0 spiro atoms. The third-order valence-corrected chi connectivity index (χ3v) is 4.89. The van der Waals surface area contributed by atoms with Gasteiger partial charge in [0.25, 0.3) is 0 Å². The summed E-state index contributed by atoms with van der Waals surface area (Å²) in [5, 5.41) is 0. The van der Waals surface area contributed by atoms with Crippen molar-refractivity contribution in [2.75, 3.05) is 57.4 Å². The van der Waals surface area contributed by atoms with E-state index in [2.05, 4.69) is 14.8 Å². The molecule has 0 atom stereocenters. The molecule has 0 aromatic heterocycles. The molecule has 2 aliphatic rings. The Morgan fingerprint density at radius 1 is 1.15 bits per heavy atom. The minimum Gasteiger partial charge on any atom is -0.381 e. The number of hydrogen-bond donors (Lipinski definition) is 1. The van der Waals surface area contributed by atoms with Gasteiger partial charge in [-0.2, -0.15) is 0 Å². The average molecular weight is 364 g/mol. The average Bonchev–Trinajstić information content (AvgIpc) is 2.69.